The Morgan fingerprint density at radius 2 is 2.12 bits per heavy atom. The monoisotopic (exact) mass is 385 g/mol. The van der Waals surface area contributed by atoms with Crippen molar-refractivity contribution in [2.75, 3.05) is 11.1 Å². The molecule has 1 aliphatic heterocycles. The van der Waals surface area contributed by atoms with Crippen molar-refractivity contribution in [3.05, 3.63) is 49.7 Å². The molecule has 0 aliphatic carbocycles. The Kier molecular flexibility index (Phi) is 4.99. The van der Waals surface area contributed by atoms with E-state index in [9.17, 15) is 9.59 Å². The highest BCUT2D eigenvalue weighted by molar-refractivity contribution is 8.00. The molecule has 1 aromatic carbocycles. The van der Waals surface area contributed by atoms with Crippen molar-refractivity contribution in [2.24, 2.45) is 0 Å². The van der Waals surface area contributed by atoms with Crippen molar-refractivity contribution in [3.8, 4) is 0 Å². The van der Waals surface area contributed by atoms with Crippen LogP contribution in [0.2, 0.25) is 10.0 Å². The SMILES string of the molecule is CC[C@@H](C)n1[nH]c(=O)c2c1NC(=O)CS[C@H]2c1ccc(Cl)cc1Cl. The third kappa shape index (κ3) is 3.10. The molecule has 0 bridgehead atoms. The topological polar surface area (TPSA) is 66.9 Å². The number of halogens is 2. The van der Waals surface area contributed by atoms with E-state index in [0.717, 1.165) is 12.0 Å². The maximum absolute atomic E-state index is 12.6. The molecule has 0 radical (unpaired) electrons. The van der Waals surface area contributed by atoms with Gasteiger partial charge in [-0.3, -0.25) is 19.4 Å². The van der Waals surface area contributed by atoms with Gasteiger partial charge in [0.1, 0.15) is 5.82 Å². The molecule has 0 spiro atoms. The van der Waals surface area contributed by atoms with Crippen LogP contribution in [0.1, 0.15) is 42.7 Å². The lowest BCUT2D eigenvalue weighted by Crippen LogP contribution is -2.18. The largest absolute Gasteiger partial charge is 0.310 e. The molecule has 2 atom stereocenters. The van der Waals surface area contributed by atoms with E-state index in [0.29, 0.717) is 21.4 Å². The highest BCUT2D eigenvalue weighted by Gasteiger charge is 2.32. The summed E-state index contributed by atoms with van der Waals surface area (Å²) in [6.07, 6.45) is 0.826. The lowest BCUT2D eigenvalue weighted by Gasteiger charge is -2.17. The number of thioether (sulfide) groups is 1. The quantitative estimate of drug-likeness (QED) is 0.830. The fourth-order valence-corrected chi connectivity index (χ4v) is 4.46. The lowest BCUT2D eigenvalue weighted by atomic mass is 10.1. The van der Waals surface area contributed by atoms with E-state index < -0.39 is 0 Å². The Bertz CT molecular complexity index is 846. The van der Waals surface area contributed by atoms with Crippen molar-refractivity contribution in [1.29, 1.82) is 0 Å². The first kappa shape index (κ1) is 17.5. The summed E-state index contributed by atoms with van der Waals surface area (Å²) in [5.41, 5.74) is 1.09. The number of nitrogens with one attached hydrogen (secondary N) is 2. The highest BCUT2D eigenvalue weighted by Crippen LogP contribution is 2.43. The number of aromatic amines is 1. The predicted molar refractivity (Wildman–Crippen MR) is 99.4 cm³/mol. The summed E-state index contributed by atoms with van der Waals surface area (Å²) in [7, 11) is 0. The molecule has 128 valence electrons. The Labute approximate surface area is 153 Å². The van der Waals surface area contributed by atoms with Gasteiger partial charge in [-0.1, -0.05) is 36.2 Å². The van der Waals surface area contributed by atoms with Crippen LogP contribution in [0.5, 0.6) is 0 Å². The first-order valence-electron chi connectivity index (χ1n) is 7.63. The van der Waals surface area contributed by atoms with E-state index in [1.165, 1.54) is 11.8 Å². The van der Waals surface area contributed by atoms with Crippen LogP contribution >= 0.6 is 35.0 Å². The van der Waals surface area contributed by atoms with E-state index in [4.69, 9.17) is 23.2 Å². The number of hydrogen-bond donors (Lipinski definition) is 2. The molecule has 0 saturated carbocycles. The van der Waals surface area contributed by atoms with Crippen LogP contribution < -0.4 is 10.9 Å². The second kappa shape index (κ2) is 6.86. The number of carbonyl (C=O) groups is 1. The van der Waals surface area contributed by atoms with Gasteiger partial charge in [0, 0.05) is 16.1 Å². The number of fused-ring (bicyclic) bond motifs is 1. The molecule has 1 amide bonds. The second-order valence-corrected chi connectivity index (χ2v) is 7.67. The van der Waals surface area contributed by atoms with Gasteiger partial charge in [0.2, 0.25) is 5.91 Å². The van der Waals surface area contributed by atoms with Crippen LogP contribution in [0.3, 0.4) is 0 Å². The molecule has 8 heteroatoms. The van der Waals surface area contributed by atoms with Crippen molar-refractivity contribution in [1.82, 2.24) is 9.78 Å². The summed E-state index contributed by atoms with van der Waals surface area (Å²) < 4.78 is 1.73. The molecule has 5 nitrogen and oxygen atoms in total. The van der Waals surface area contributed by atoms with E-state index >= 15 is 0 Å². The van der Waals surface area contributed by atoms with Crippen molar-refractivity contribution in [2.45, 2.75) is 31.6 Å². The molecule has 0 saturated heterocycles. The highest BCUT2D eigenvalue weighted by atomic mass is 35.5. The third-order valence-electron chi connectivity index (χ3n) is 4.14. The maximum Gasteiger partial charge on any atom is 0.270 e. The van der Waals surface area contributed by atoms with Crippen LogP contribution in [0.25, 0.3) is 0 Å². The summed E-state index contributed by atoms with van der Waals surface area (Å²) in [6, 6.07) is 5.26. The number of aromatic nitrogens is 2. The van der Waals surface area contributed by atoms with Gasteiger partial charge in [-0.2, -0.15) is 0 Å². The normalized spacial score (nSPS) is 18.7. The summed E-state index contributed by atoms with van der Waals surface area (Å²) in [5.74, 6) is 0.642. The zero-order valence-corrected chi connectivity index (χ0v) is 15.6. The van der Waals surface area contributed by atoms with Crippen LogP contribution in [0, 0.1) is 0 Å². The number of rotatable bonds is 3. The third-order valence-corrected chi connectivity index (χ3v) is 5.95. The summed E-state index contributed by atoms with van der Waals surface area (Å²) in [6.45, 7) is 4.01. The number of anilines is 1. The average molecular weight is 386 g/mol. The van der Waals surface area contributed by atoms with E-state index in [1.807, 2.05) is 19.9 Å². The molecule has 2 aromatic rings. The molecular formula is C16H17Cl2N3O2S. The smallest absolute Gasteiger partial charge is 0.270 e. The van der Waals surface area contributed by atoms with E-state index in [-0.39, 0.29) is 28.5 Å². The molecule has 0 fully saturated rings. The first-order valence-corrected chi connectivity index (χ1v) is 9.43. The molecule has 2 heterocycles. The van der Waals surface area contributed by atoms with Crippen LogP contribution in [0.4, 0.5) is 5.82 Å². The van der Waals surface area contributed by atoms with Crippen molar-refractivity contribution >= 4 is 46.7 Å². The number of benzene rings is 1. The van der Waals surface area contributed by atoms with E-state index in [2.05, 4.69) is 10.4 Å². The van der Waals surface area contributed by atoms with Gasteiger partial charge < -0.3 is 5.32 Å². The molecular weight excluding hydrogens is 369 g/mol. The summed E-state index contributed by atoms with van der Waals surface area (Å²) >= 11 is 13.7. The lowest BCUT2D eigenvalue weighted by molar-refractivity contribution is -0.113. The summed E-state index contributed by atoms with van der Waals surface area (Å²) in [5, 5.41) is 6.39. The van der Waals surface area contributed by atoms with Gasteiger partial charge in [-0.05, 0) is 31.0 Å². The van der Waals surface area contributed by atoms with Gasteiger partial charge in [0.15, 0.2) is 0 Å². The summed E-state index contributed by atoms with van der Waals surface area (Å²) in [4.78, 5) is 24.7. The number of H-pyrrole nitrogens is 1. The van der Waals surface area contributed by atoms with E-state index in [1.54, 1.807) is 16.8 Å². The average Bonchev–Trinajstić information content (AvgIpc) is 2.74. The Balaban J connectivity index is 2.19. The minimum Gasteiger partial charge on any atom is -0.310 e. The number of nitrogens with zero attached hydrogens (tertiary/aromatic N) is 1. The van der Waals surface area contributed by atoms with Crippen LogP contribution in [-0.2, 0) is 4.79 Å². The number of hydrogen-bond acceptors (Lipinski definition) is 3. The minimum atomic E-state index is -0.335. The van der Waals surface area contributed by atoms with Gasteiger partial charge in [-0.15, -0.1) is 11.8 Å². The molecule has 2 N–H and O–H groups in total. The Morgan fingerprint density at radius 3 is 2.79 bits per heavy atom. The molecule has 3 rings (SSSR count). The number of carbonyl (C=O) groups excluding carboxylic acids is 1. The zero-order valence-electron chi connectivity index (χ0n) is 13.2. The molecule has 1 aromatic heterocycles. The van der Waals surface area contributed by atoms with Crippen molar-refractivity contribution in [3.63, 3.8) is 0 Å². The first-order chi connectivity index (χ1) is 11.4. The number of amides is 1. The van der Waals surface area contributed by atoms with Gasteiger partial charge in [0.25, 0.3) is 5.56 Å². The van der Waals surface area contributed by atoms with Crippen LogP contribution in [-0.4, -0.2) is 21.4 Å². The zero-order chi connectivity index (χ0) is 17.4. The Hall–Kier alpha value is -1.37. The molecule has 24 heavy (non-hydrogen) atoms. The Morgan fingerprint density at radius 1 is 1.38 bits per heavy atom. The molecule has 1 aliphatic rings. The predicted octanol–water partition coefficient (Wildman–Crippen LogP) is 4.23. The van der Waals surface area contributed by atoms with Crippen molar-refractivity contribution < 1.29 is 4.79 Å². The molecule has 0 unspecified atom stereocenters. The maximum atomic E-state index is 12.6. The van der Waals surface area contributed by atoms with Gasteiger partial charge >= 0.3 is 0 Å². The second-order valence-electron chi connectivity index (χ2n) is 5.74. The van der Waals surface area contributed by atoms with Gasteiger partial charge in [-0.25, -0.2) is 0 Å². The van der Waals surface area contributed by atoms with Crippen LogP contribution in [0.15, 0.2) is 23.0 Å². The standard InChI is InChI=1S/C16H17Cl2N3O2S/c1-3-8(2)21-15-13(16(23)20-21)14(24-7-12(22)19-15)10-5-4-9(17)6-11(10)18/h4-6,8,14H,3,7H2,1-2H3,(H,19,22)(H,20,23)/t8-,14+/m1/s1. The minimum absolute atomic E-state index is 0.0613. The fourth-order valence-electron chi connectivity index (χ4n) is 2.72. The fraction of sp³-hybridized carbons (Fsp3) is 0.375. The van der Waals surface area contributed by atoms with Gasteiger partial charge in [0.05, 0.1) is 16.6 Å².